The van der Waals surface area contributed by atoms with Gasteiger partial charge in [-0.15, -0.1) is 0 Å². The van der Waals surface area contributed by atoms with Gasteiger partial charge in [-0.3, -0.25) is 4.79 Å². The van der Waals surface area contributed by atoms with Crippen LogP contribution in [0.25, 0.3) is 0 Å². The highest BCUT2D eigenvalue weighted by molar-refractivity contribution is 5.94. The minimum Gasteiger partial charge on any atom is -0.480 e. The summed E-state index contributed by atoms with van der Waals surface area (Å²) in [6.45, 7) is 0. The monoisotopic (exact) mass is 267 g/mol. The minimum absolute atomic E-state index is 0.0409. The van der Waals surface area contributed by atoms with Gasteiger partial charge in [-0.25, -0.2) is 9.59 Å². The molecule has 1 aromatic rings. The number of aromatic nitrogens is 2. The maximum Gasteiger partial charge on any atom is 0.326 e. The van der Waals surface area contributed by atoms with Crippen molar-refractivity contribution in [1.82, 2.24) is 15.3 Å². The summed E-state index contributed by atoms with van der Waals surface area (Å²) in [6, 6.07) is -0.897. The molecule has 7 heteroatoms. The van der Waals surface area contributed by atoms with Crippen molar-refractivity contribution in [3.8, 4) is 0 Å². The maximum atomic E-state index is 11.9. The predicted molar refractivity (Wildman–Crippen MR) is 66.9 cm³/mol. The van der Waals surface area contributed by atoms with Crippen LogP contribution in [0.15, 0.2) is 11.0 Å². The Hall–Kier alpha value is -2.05. The fourth-order valence-electron chi connectivity index (χ4n) is 2.52. The Labute approximate surface area is 109 Å². The van der Waals surface area contributed by atoms with Gasteiger partial charge in [-0.1, -0.05) is 19.3 Å². The zero-order valence-electron chi connectivity index (χ0n) is 10.4. The molecule has 0 spiro atoms. The summed E-state index contributed by atoms with van der Waals surface area (Å²) in [4.78, 5) is 38.7. The van der Waals surface area contributed by atoms with Crippen LogP contribution >= 0.6 is 0 Å². The van der Waals surface area contributed by atoms with E-state index in [4.69, 9.17) is 0 Å². The van der Waals surface area contributed by atoms with E-state index < -0.39 is 23.6 Å². The molecule has 4 N–H and O–H groups in total. The topological polar surface area (TPSA) is 115 Å². The zero-order chi connectivity index (χ0) is 13.8. The molecule has 0 saturated heterocycles. The van der Waals surface area contributed by atoms with Gasteiger partial charge in [0.05, 0.1) is 0 Å². The fraction of sp³-hybridized carbons (Fsp3) is 0.583. The summed E-state index contributed by atoms with van der Waals surface area (Å²) in [5, 5.41) is 11.7. The number of carboxylic acids is 1. The van der Waals surface area contributed by atoms with Gasteiger partial charge in [-0.05, 0) is 18.8 Å². The lowest BCUT2D eigenvalue weighted by molar-refractivity contribution is -0.141. The summed E-state index contributed by atoms with van der Waals surface area (Å²) < 4.78 is 0. The molecule has 1 fully saturated rings. The van der Waals surface area contributed by atoms with Crippen molar-refractivity contribution in [3.05, 3.63) is 22.4 Å². The van der Waals surface area contributed by atoms with Crippen LogP contribution in [-0.2, 0) is 4.79 Å². The Morgan fingerprint density at radius 1 is 1.32 bits per heavy atom. The molecule has 2 rings (SSSR count). The molecule has 0 aromatic carbocycles. The lowest BCUT2D eigenvalue weighted by atomic mass is 9.84. The van der Waals surface area contributed by atoms with Crippen LogP contribution in [0, 0.1) is 5.92 Å². The van der Waals surface area contributed by atoms with Gasteiger partial charge in [-0.2, -0.15) is 0 Å². The normalized spacial score (nSPS) is 17.9. The van der Waals surface area contributed by atoms with Crippen molar-refractivity contribution in [2.24, 2.45) is 5.92 Å². The molecular formula is C12H17N3O4. The third-order valence-electron chi connectivity index (χ3n) is 3.51. The van der Waals surface area contributed by atoms with E-state index in [1.807, 2.05) is 0 Å². The van der Waals surface area contributed by atoms with Crippen molar-refractivity contribution >= 4 is 11.9 Å². The van der Waals surface area contributed by atoms with Crippen LogP contribution < -0.4 is 11.0 Å². The fourth-order valence-corrected chi connectivity index (χ4v) is 2.52. The van der Waals surface area contributed by atoms with E-state index in [0.717, 1.165) is 32.1 Å². The average Bonchev–Trinajstić information content (AvgIpc) is 2.83. The Morgan fingerprint density at radius 3 is 2.53 bits per heavy atom. The Kier molecular flexibility index (Phi) is 4.03. The molecule has 7 nitrogen and oxygen atoms in total. The molecule has 104 valence electrons. The molecule has 1 aromatic heterocycles. The molecule has 1 atom stereocenters. The van der Waals surface area contributed by atoms with Crippen molar-refractivity contribution < 1.29 is 14.7 Å². The standard InChI is InChI=1S/C12H17N3O4/c16-10(8-6-13-12(19)14-8)15-9(11(17)18)7-4-2-1-3-5-7/h6-7,9H,1-5H2,(H,15,16)(H,17,18)(H2,13,14,19). The first-order chi connectivity index (χ1) is 9.08. The molecule has 19 heavy (non-hydrogen) atoms. The smallest absolute Gasteiger partial charge is 0.326 e. The average molecular weight is 267 g/mol. The number of aromatic amines is 2. The molecule has 1 aliphatic carbocycles. The number of imidazole rings is 1. The number of rotatable bonds is 4. The molecule has 1 amide bonds. The summed E-state index contributed by atoms with van der Waals surface area (Å²) >= 11 is 0. The van der Waals surface area contributed by atoms with Crippen molar-refractivity contribution in [2.45, 2.75) is 38.1 Å². The summed E-state index contributed by atoms with van der Waals surface area (Å²) in [6.07, 6.45) is 5.94. The number of carbonyl (C=O) groups excluding carboxylic acids is 1. The number of nitrogens with one attached hydrogen (secondary N) is 3. The Balaban J connectivity index is 2.06. The van der Waals surface area contributed by atoms with Gasteiger partial charge in [0.1, 0.15) is 11.7 Å². The highest BCUT2D eigenvalue weighted by Gasteiger charge is 2.31. The van der Waals surface area contributed by atoms with E-state index >= 15 is 0 Å². The first kappa shape index (κ1) is 13.4. The number of hydrogen-bond acceptors (Lipinski definition) is 3. The van der Waals surface area contributed by atoms with Gasteiger partial charge in [0, 0.05) is 6.20 Å². The van der Waals surface area contributed by atoms with E-state index in [-0.39, 0.29) is 11.6 Å². The SMILES string of the molecule is O=C(NC(C(=O)O)C1CCCCC1)c1c[nH]c(=O)[nH]1. The second kappa shape index (κ2) is 5.73. The highest BCUT2D eigenvalue weighted by atomic mass is 16.4. The third kappa shape index (κ3) is 3.24. The number of carbonyl (C=O) groups is 2. The molecule has 0 aliphatic heterocycles. The summed E-state index contributed by atoms with van der Waals surface area (Å²) in [5.41, 5.74) is -0.443. The van der Waals surface area contributed by atoms with Gasteiger partial charge in [0.15, 0.2) is 0 Å². The van der Waals surface area contributed by atoms with Crippen molar-refractivity contribution in [2.75, 3.05) is 0 Å². The van der Waals surface area contributed by atoms with E-state index in [2.05, 4.69) is 15.3 Å². The Morgan fingerprint density at radius 2 is 2.00 bits per heavy atom. The highest BCUT2D eigenvalue weighted by Crippen LogP contribution is 2.26. The number of aliphatic carboxylic acids is 1. The molecule has 1 saturated carbocycles. The lowest BCUT2D eigenvalue weighted by Crippen LogP contribution is -2.46. The van der Waals surface area contributed by atoms with Crippen LogP contribution in [0.5, 0.6) is 0 Å². The number of hydrogen-bond donors (Lipinski definition) is 4. The summed E-state index contributed by atoms with van der Waals surface area (Å²) in [7, 11) is 0. The van der Waals surface area contributed by atoms with Gasteiger partial charge in [0.25, 0.3) is 5.91 Å². The number of carboxylic acid groups (broad SMARTS) is 1. The molecule has 0 radical (unpaired) electrons. The number of amides is 1. The van der Waals surface area contributed by atoms with Crippen LogP contribution in [0.2, 0.25) is 0 Å². The quantitative estimate of drug-likeness (QED) is 0.634. The lowest BCUT2D eigenvalue weighted by Gasteiger charge is -2.27. The molecular weight excluding hydrogens is 250 g/mol. The van der Waals surface area contributed by atoms with Crippen molar-refractivity contribution in [1.29, 1.82) is 0 Å². The first-order valence-electron chi connectivity index (χ1n) is 6.39. The van der Waals surface area contributed by atoms with Gasteiger partial charge in [0.2, 0.25) is 0 Å². The van der Waals surface area contributed by atoms with Crippen LogP contribution in [0.4, 0.5) is 0 Å². The van der Waals surface area contributed by atoms with Crippen molar-refractivity contribution in [3.63, 3.8) is 0 Å². The van der Waals surface area contributed by atoms with E-state index in [9.17, 15) is 19.5 Å². The Bertz CT molecular complexity index is 513. The second-order valence-corrected chi connectivity index (χ2v) is 4.84. The molecule has 1 heterocycles. The second-order valence-electron chi connectivity index (χ2n) is 4.84. The molecule has 0 bridgehead atoms. The van der Waals surface area contributed by atoms with E-state index in [0.29, 0.717) is 0 Å². The van der Waals surface area contributed by atoms with Crippen LogP contribution in [-0.4, -0.2) is 33.0 Å². The zero-order valence-corrected chi connectivity index (χ0v) is 10.4. The van der Waals surface area contributed by atoms with Gasteiger partial charge < -0.3 is 20.4 Å². The molecule has 1 unspecified atom stereocenters. The third-order valence-corrected chi connectivity index (χ3v) is 3.51. The van der Waals surface area contributed by atoms with Crippen LogP contribution in [0.3, 0.4) is 0 Å². The number of H-pyrrole nitrogens is 2. The maximum absolute atomic E-state index is 11.9. The summed E-state index contributed by atoms with van der Waals surface area (Å²) in [5.74, 6) is -1.64. The predicted octanol–water partition coefficient (Wildman–Crippen LogP) is 0.466. The minimum atomic E-state index is -1.03. The first-order valence-corrected chi connectivity index (χ1v) is 6.39. The molecule has 1 aliphatic rings. The largest absolute Gasteiger partial charge is 0.480 e. The van der Waals surface area contributed by atoms with Crippen LogP contribution in [0.1, 0.15) is 42.6 Å². The van der Waals surface area contributed by atoms with E-state index in [1.54, 1.807) is 0 Å². The van der Waals surface area contributed by atoms with Gasteiger partial charge >= 0.3 is 11.7 Å². The van der Waals surface area contributed by atoms with E-state index in [1.165, 1.54) is 6.20 Å².